The molecule has 1 aromatic carbocycles. The molecule has 0 fully saturated rings. The molecule has 0 bridgehead atoms. The van der Waals surface area contributed by atoms with Gasteiger partial charge in [0.05, 0.1) is 0 Å². The minimum absolute atomic E-state index is 0.311. The molecule has 94 valence electrons. The maximum absolute atomic E-state index is 10.8. The monoisotopic (exact) mass is 272 g/mol. The fourth-order valence-corrected chi connectivity index (χ4v) is 1.76. The van der Waals surface area contributed by atoms with E-state index in [1.54, 1.807) is 41.1 Å². The van der Waals surface area contributed by atoms with Crippen LogP contribution in [-0.4, -0.2) is 15.6 Å². The largest absolute Gasteiger partial charge is 0.477 e. The van der Waals surface area contributed by atoms with E-state index in [-0.39, 0.29) is 5.57 Å². The van der Waals surface area contributed by atoms with Gasteiger partial charge in [-0.05, 0) is 42.5 Å². The number of hydrogen-bond acceptors (Lipinski definition) is 2. The van der Waals surface area contributed by atoms with Crippen molar-refractivity contribution in [2.24, 2.45) is 0 Å². The molecule has 0 aliphatic heterocycles. The zero-order valence-electron chi connectivity index (χ0n) is 9.75. The third kappa shape index (κ3) is 2.84. The van der Waals surface area contributed by atoms with Crippen molar-refractivity contribution in [3.63, 3.8) is 0 Å². The second-order valence-electron chi connectivity index (χ2n) is 3.75. The average molecular weight is 273 g/mol. The first-order valence-electron chi connectivity index (χ1n) is 5.40. The van der Waals surface area contributed by atoms with Crippen LogP contribution in [0.4, 0.5) is 0 Å². The fourth-order valence-electron chi connectivity index (χ4n) is 1.64. The smallest absolute Gasteiger partial charge is 0.346 e. The molecule has 1 N–H and O–H groups in total. The van der Waals surface area contributed by atoms with Crippen LogP contribution < -0.4 is 0 Å². The summed E-state index contributed by atoms with van der Waals surface area (Å²) in [6.07, 6.45) is 3.11. The molecule has 19 heavy (non-hydrogen) atoms. The lowest BCUT2D eigenvalue weighted by molar-refractivity contribution is -0.132. The molecule has 0 radical (unpaired) electrons. The lowest BCUT2D eigenvalue weighted by Crippen LogP contribution is -2.00. The number of nitriles is 1. The highest BCUT2D eigenvalue weighted by molar-refractivity contribution is 6.30. The van der Waals surface area contributed by atoms with Crippen LogP contribution in [-0.2, 0) is 4.79 Å². The average Bonchev–Trinajstić information content (AvgIpc) is 2.84. The van der Waals surface area contributed by atoms with Crippen molar-refractivity contribution in [1.29, 1.82) is 5.26 Å². The molecule has 0 amide bonds. The van der Waals surface area contributed by atoms with Crippen LogP contribution in [0.3, 0.4) is 0 Å². The summed E-state index contributed by atoms with van der Waals surface area (Å²) in [4.78, 5) is 10.8. The molecule has 4 nitrogen and oxygen atoms in total. The molecule has 0 saturated heterocycles. The second-order valence-corrected chi connectivity index (χ2v) is 4.19. The molecular weight excluding hydrogens is 264 g/mol. The summed E-state index contributed by atoms with van der Waals surface area (Å²) in [5.41, 5.74) is 1.14. The summed E-state index contributed by atoms with van der Waals surface area (Å²) in [7, 11) is 0. The van der Waals surface area contributed by atoms with Crippen LogP contribution in [0.1, 0.15) is 5.69 Å². The third-order valence-corrected chi connectivity index (χ3v) is 2.78. The van der Waals surface area contributed by atoms with Crippen LogP contribution in [0.5, 0.6) is 0 Å². The predicted molar refractivity (Wildman–Crippen MR) is 72.0 cm³/mol. The van der Waals surface area contributed by atoms with E-state index in [0.29, 0.717) is 10.7 Å². The van der Waals surface area contributed by atoms with Crippen molar-refractivity contribution in [3.05, 3.63) is 58.9 Å². The van der Waals surface area contributed by atoms with E-state index in [1.165, 1.54) is 6.08 Å². The highest BCUT2D eigenvalue weighted by Crippen LogP contribution is 2.18. The number of hydrogen-bond donors (Lipinski definition) is 1. The number of carbonyl (C=O) groups is 1. The van der Waals surface area contributed by atoms with E-state index >= 15 is 0 Å². The van der Waals surface area contributed by atoms with Gasteiger partial charge in [0.1, 0.15) is 11.6 Å². The van der Waals surface area contributed by atoms with E-state index in [2.05, 4.69) is 0 Å². The van der Waals surface area contributed by atoms with E-state index in [0.717, 1.165) is 5.69 Å². The second kappa shape index (κ2) is 5.42. The number of halogens is 1. The van der Waals surface area contributed by atoms with E-state index in [9.17, 15) is 4.79 Å². The molecule has 1 heterocycles. The topological polar surface area (TPSA) is 66.0 Å². The predicted octanol–water partition coefficient (Wildman–Crippen LogP) is 3.12. The van der Waals surface area contributed by atoms with Gasteiger partial charge < -0.3 is 9.67 Å². The Kier molecular flexibility index (Phi) is 3.69. The fraction of sp³-hybridized carbons (Fsp3) is 0. The van der Waals surface area contributed by atoms with Gasteiger partial charge in [-0.1, -0.05) is 11.6 Å². The summed E-state index contributed by atoms with van der Waals surface area (Å²) >= 11 is 5.82. The lowest BCUT2D eigenvalue weighted by Gasteiger charge is -2.06. The van der Waals surface area contributed by atoms with Crippen LogP contribution in [0, 0.1) is 11.3 Å². The Hall–Kier alpha value is -2.51. The van der Waals surface area contributed by atoms with Gasteiger partial charge in [-0.3, -0.25) is 0 Å². The highest BCUT2D eigenvalue weighted by Gasteiger charge is 2.08. The highest BCUT2D eigenvalue weighted by atomic mass is 35.5. The summed E-state index contributed by atoms with van der Waals surface area (Å²) in [5.74, 6) is -1.24. The SMILES string of the molecule is N#C/C(=C/c1cccn1-c1ccc(Cl)cc1)C(=O)O. The molecule has 0 aliphatic carbocycles. The molecule has 2 aromatic rings. The van der Waals surface area contributed by atoms with Gasteiger partial charge in [-0.25, -0.2) is 4.79 Å². The Morgan fingerprint density at radius 3 is 2.58 bits per heavy atom. The first-order chi connectivity index (χ1) is 9.11. The third-order valence-electron chi connectivity index (χ3n) is 2.53. The van der Waals surface area contributed by atoms with Gasteiger partial charge >= 0.3 is 5.97 Å². The van der Waals surface area contributed by atoms with Crippen LogP contribution in [0.25, 0.3) is 11.8 Å². The Balaban J connectivity index is 2.46. The maximum Gasteiger partial charge on any atom is 0.346 e. The van der Waals surface area contributed by atoms with Crippen LogP contribution >= 0.6 is 11.6 Å². The Bertz CT molecular complexity index is 678. The van der Waals surface area contributed by atoms with Gasteiger partial charge in [0.25, 0.3) is 0 Å². The van der Waals surface area contributed by atoms with E-state index < -0.39 is 5.97 Å². The standard InChI is InChI=1S/C14H9ClN2O2/c15-11-3-5-12(6-4-11)17-7-1-2-13(17)8-10(9-16)14(18)19/h1-8H,(H,18,19)/b10-8-. The summed E-state index contributed by atoms with van der Waals surface area (Å²) in [6.45, 7) is 0. The maximum atomic E-state index is 10.8. The molecule has 0 saturated carbocycles. The van der Waals surface area contributed by atoms with Gasteiger partial charge in [-0.2, -0.15) is 5.26 Å². The minimum atomic E-state index is -1.24. The molecule has 2 rings (SSSR count). The molecule has 0 atom stereocenters. The van der Waals surface area contributed by atoms with Crippen molar-refractivity contribution >= 4 is 23.6 Å². The Morgan fingerprint density at radius 2 is 2.00 bits per heavy atom. The first kappa shape index (κ1) is 12.9. The molecule has 0 spiro atoms. The summed E-state index contributed by atoms with van der Waals surface area (Å²) in [6, 6.07) is 12.3. The van der Waals surface area contributed by atoms with E-state index in [1.807, 2.05) is 12.1 Å². The number of aromatic nitrogens is 1. The summed E-state index contributed by atoms with van der Waals surface area (Å²) < 4.78 is 1.77. The Morgan fingerprint density at radius 1 is 1.32 bits per heavy atom. The number of nitrogens with zero attached hydrogens (tertiary/aromatic N) is 2. The van der Waals surface area contributed by atoms with Gasteiger partial charge in [0, 0.05) is 22.6 Å². The van der Waals surface area contributed by atoms with Crippen LogP contribution in [0.2, 0.25) is 5.02 Å². The van der Waals surface area contributed by atoms with E-state index in [4.69, 9.17) is 22.0 Å². The Labute approximate surface area is 114 Å². The van der Waals surface area contributed by atoms with Crippen molar-refractivity contribution in [2.45, 2.75) is 0 Å². The minimum Gasteiger partial charge on any atom is -0.477 e. The normalized spacial score (nSPS) is 11.1. The van der Waals surface area contributed by atoms with Crippen molar-refractivity contribution in [3.8, 4) is 11.8 Å². The molecule has 1 aromatic heterocycles. The number of aliphatic carboxylic acids is 1. The molecular formula is C14H9ClN2O2. The molecule has 0 unspecified atom stereocenters. The summed E-state index contributed by atoms with van der Waals surface area (Å²) in [5, 5.41) is 18.2. The van der Waals surface area contributed by atoms with Crippen molar-refractivity contribution < 1.29 is 9.90 Å². The van der Waals surface area contributed by atoms with Crippen molar-refractivity contribution in [1.82, 2.24) is 4.57 Å². The van der Waals surface area contributed by atoms with Gasteiger partial charge in [0.2, 0.25) is 0 Å². The van der Waals surface area contributed by atoms with Gasteiger partial charge in [-0.15, -0.1) is 0 Å². The zero-order chi connectivity index (χ0) is 13.8. The number of benzene rings is 1. The molecule has 0 aliphatic rings. The van der Waals surface area contributed by atoms with Gasteiger partial charge in [0.15, 0.2) is 0 Å². The lowest BCUT2D eigenvalue weighted by atomic mass is 10.2. The first-order valence-corrected chi connectivity index (χ1v) is 5.78. The van der Waals surface area contributed by atoms with Crippen LogP contribution in [0.15, 0.2) is 48.2 Å². The quantitative estimate of drug-likeness (QED) is 0.689. The number of rotatable bonds is 3. The number of carboxylic acid groups (broad SMARTS) is 1. The number of carboxylic acids is 1. The van der Waals surface area contributed by atoms with Crippen molar-refractivity contribution in [2.75, 3.05) is 0 Å². The zero-order valence-corrected chi connectivity index (χ0v) is 10.5. The molecule has 5 heteroatoms.